The van der Waals surface area contributed by atoms with Gasteiger partial charge in [-0.1, -0.05) is 6.07 Å². The largest absolute Gasteiger partial charge is 0.497 e. The summed E-state index contributed by atoms with van der Waals surface area (Å²) in [5.41, 5.74) is 8.07. The van der Waals surface area contributed by atoms with Crippen molar-refractivity contribution in [3.05, 3.63) is 42.6 Å². The van der Waals surface area contributed by atoms with E-state index in [9.17, 15) is 4.79 Å². The molecule has 0 aliphatic rings. The molecule has 1 unspecified atom stereocenters. The number of primary amides is 1. The molecule has 2 aromatic carbocycles. The topological polar surface area (TPSA) is 111 Å². The van der Waals surface area contributed by atoms with E-state index in [1.165, 1.54) is 0 Å². The van der Waals surface area contributed by atoms with E-state index in [0.29, 0.717) is 25.6 Å². The van der Waals surface area contributed by atoms with Crippen LogP contribution in [0.3, 0.4) is 0 Å². The van der Waals surface area contributed by atoms with Crippen LogP contribution in [0.5, 0.6) is 5.75 Å². The van der Waals surface area contributed by atoms with Crippen LogP contribution in [0.1, 0.15) is 13.3 Å². The number of nitrogens with one attached hydrogen (secondary N) is 2. The minimum absolute atomic E-state index is 0.435. The molecule has 0 aliphatic carbocycles. The molecule has 0 aliphatic heterocycles. The molecule has 8 heteroatoms. The molecule has 1 aromatic heterocycles. The molecule has 4 N–H and O–H groups in total. The molecular weight excluding hydrogens is 382 g/mol. The molecule has 3 rings (SSSR count). The maximum absolute atomic E-state index is 12.0. The molecule has 1 heterocycles. The van der Waals surface area contributed by atoms with E-state index in [2.05, 4.69) is 20.6 Å². The number of nitrogens with zero attached hydrogens (tertiary/aromatic N) is 2. The molecule has 0 spiro atoms. The van der Waals surface area contributed by atoms with Crippen LogP contribution in [0, 0.1) is 0 Å². The van der Waals surface area contributed by atoms with Crippen molar-refractivity contribution >= 4 is 28.3 Å². The lowest BCUT2D eigenvalue weighted by Crippen LogP contribution is -2.36. The Balaban J connectivity index is 2.07. The van der Waals surface area contributed by atoms with Gasteiger partial charge in [-0.2, -0.15) is 0 Å². The fraction of sp³-hybridized carbons (Fsp3) is 0.318. The van der Waals surface area contributed by atoms with Gasteiger partial charge in [0.1, 0.15) is 11.8 Å². The summed E-state index contributed by atoms with van der Waals surface area (Å²) in [6.45, 7) is 2.94. The number of hydrogen-bond acceptors (Lipinski definition) is 7. The highest BCUT2D eigenvalue weighted by molar-refractivity contribution is 5.99. The van der Waals surface area contributed by atoms with Gasteiger partial charge in [0, 0.05) is 43.1 Å². The van der Waals surface area contributed by atoms with Crippen molar-refractivity contribution in [3.63, 3.8) is 0 Å². The average molecular weight is 409 g/mol. The average Bonchev–Trinajstić information content (AvgIpc) is 2.77. The third-order valence-electron chi connectivity index (χ3n) is 4.76. The highest BCUT2D eigenvalue weighted by Crippen LogP contribution is 2.33. The summed E-state index contributed by atoms with van der Waals surface area (Å²) >= 11 is 0. The molecule has 0 saturated carbocycles. The SMILES string of the molecule is CCOCCC(Nc1cc(-c2ccnc(NC)n2)cc2ccc(OC)cc12)C(N)=O. The Kier molecular flexibility index (Phi) is 7.03. The van der Waals surface area contributed by atoms with Crippen molar-refractivity contribution in [2.24, 2.45) is 5.73 Å². The van der Waals surface area contributed by atoms with Crippen LogP contribution in [0.15, 0.2) is 42.6 Å². The monoisotopic (exact) mass is 409 g/mol. The molecule has 30 heavy (non-hydrogen) atoms. The van der Waals surface area contributed by atoms with Crippen LogP contribution in [0.2, 0.25) is 0 Å². The second-order valence-electron chi connectivity index (χ2n) is 6.71. The van der Waals surface area contributed by atoms with Crippen molar-refractivity contribution in [1.29, 1.82) is 0 Å². The van der Waals surface area contributed by atoms with Gasteiger partial charge in [0.2, 0.25) is 11.9 Å². The zero-order chi connectivity index (χ0) is 21.5. The van der Waals surface area contributed by atoms with Crippen LogP contribution in [-0.4, -0.2) is 49.3 Å². The van der Waals surface area contributed by atoms with Crippen molar-refractivity contribution < 1.29 is 14.3 Å². The number of fused-ring (bicyclic) bond motifs is 1. The number of benzene rings is 2. The minimum Gasteiger partial charge on any atom is -0.497 e. The van der Waals surface area contributed by atoms with Crippen LogP contribution < -0.4 is 21.1 Å². The number of amides is 1. The van der Waals surface area contributed by atoms with Gasteiger partial charge in [0.25, 0.3) is 0 Å². The molecular formula is C22H27N5O3. The zero-order valence-corrected chi connectivity index (χ0v) is 17.4. The Morgan fingerprint density at radius 3 is 2.77 bits per heavy atom. The Hall–Kier alpha value is -3.39. The summed E-state index contributed by atoms with van der Waals surface area (Å²) in [5.74, 6) is 0.821. The third-order valence-corrected chi connectivity index (χ3v) is 4.76. The van der Waals surface area contributed by atoms with Gasteiger partial charge in [-0.3, -0.25) is 4.79 Å². The maximum atomic E-state index is 12.0. The van der Waals surface area contributed by atoms with Crippen LogP contribution in [0.25, 0.3) is 22.0 Å². The summed E-state index contributed by atoms with van der Waals surface area (Å²) in [4.78, 5) is 20.8. The number of ether oxygens (including phenoxy) is 2. The van der Waals surface area contributed by atoms with Gasteiger partial charge >= 0.3 is 0 Å². The fourth-order valence-electron chi connectivity index (χ4n) is 3.19. The second kappa shape index (κ2) is 9.89. The quantitative estimate of drug-likeness (QED) is 0.441. The highest BCUT2D eigenvalue weighted by atomic mass is 16.5. The van der Waals surface area contributed by atoms with Crippen molar-refractivity contribution in [1.82, 2.24) is 9.97 Å². The summed E-state index contributed by atoms with van der Waals surface area (Å²) in [5, 5.41) is 8.15. The number of hydrogen-bond donors (Lipinski definition) is 3. The summed E-state index contributed by atoms with van der Waals surface area (Å²) < 4.78 is 10.8. The molecule has 0 bridgehead atoms. The van der Waals surface area contributed by atoms with Crippen molar-refractivity contribution in [2.45, 2.75) is 19.4 Å². The van der Waals surface area contributed by atoms with Gasteiger partial charge in [-0.25, -0.2) is 9.97 Å². The lowest BCUT2D eigenvalue weighted by molar-refractivity contribution is -0.119. The molecule has 0 radical (unpaired) electrons. The first-order valence-electron chi connectivity index (χ1n) is 9.82. The van der Waals surface area contributed by atoms with Crippen LogP contribution in [-0.2, 0) is 9.53 Å². The number of methoxy groups -OCH3 is 1. The first kappa shape index (κ1) is 21.3. The molecule has 158 valence electrons. The van der Waals surface area contributed by atoms with E-state index in [-0.39, 0.29) is 0 Å². The Morgan fingerprint density at radius 1 is 1.23 bits per heavy atom. The molecule has 0 saturated heterocycles. The lowest BCUT2D eigenvalue weighted by atomic mass is 10.0. The Morgan fingerprint density at radius 2 is 2.07 bits per heavy atom. The van der Waals surface area contributed by atoms with Gasteiger partial charge in [0.15, 0.2) is 0 Å². The summed E-state index contributed by atoms with van der Waals surface area (Å²) in [7, 11) is 3.39. The number of aromatic nitrogens is 2. The Labute approximate surface area is 175 Å². The normalized spacial score (nSPS) is 11.8. The van der Waals surface area contributed by atoms with Crippen molar-refractivity contribution in [2.75, 3.05) is 38.0 Å². The van der Waals surface area contributed by atoms with E-state index in [0.717, 1.165) is 33.5 Å². The van der Waals surface area contributed by atoms with E-state index < -0.39 is 11.9 Å². The first-order valence-corrected chi connectivity index (χ1v) is 9.82. The molecule has 3 aromatic rings. The second-order valence-corrected chi connectivity index (χ2v) is 6.71. The smallest absolute Gasteiger partial charge is 0.240 e. The predicted molar refractivity (Wildman–Crippen MR) is 119 cm³/mol. The third kappa shape index (κ3) is 4.96. The summed E-state index contributed by atoms with van der Waals surface area (Å²) in [6.07, 6.45) is 2.17. The minimum atomic E-state index is -0.570. The molecule has 1 atom stereocenters. The molecule has 0 fully saturated rings. The Bertz CT molecular complexity index is 1020. The molecule has 1 amide bonds. The summed E-state index contributed by atoms with van der Waals surface area (Å²) in [6, 6.07) is 11.1. The van der Waals surface area contributed by atoms with Crippen LogP contribution in [0.4, 0.5) is 11.6 Å². The predicted octanol–water partition coefficient (Wildman–Crippen LogP) is 3.04. The standard InChI is InChI=1S/C22H27N5O3/c1-4-30-10-8-19(21(23)28)26-20-12-15(18-7-9-25-22(24-2)27-18)11-14-5-6-16(29-3)13-17(14)20/h5-7,9,11-13,19,26H,4,8,10H2,1-3H3,(H2,23,28)(H,24,25,27). The number of anilines is 2. The zero-order valence-electron chi connectivity index (χ0n) is 17.4. The first-order chi connectivity index (χ1) is 14.5. The number of nitrogens with two attached hydrogens (primary N) is 1. The van der Waals surface area contributed by atoms with E-state index in [4.69, 9.17) is 15.2 Å². The maximum Gasteiger partial charge on any atom is 0.240 e. The number of rotatable bonds is 10. The van der Waals surface area contributed by atoms with Crippen molar-refractivity contribution in [3.8, 4) is 17.0 Å². The van der Waals surface area contributed by atoms with Gasteiger partial charge in [0.05, 0.1) is 12.8 Å². The van der Waals surface area contributed by atoms with E-state index >= 15 is 0 Å². The van der Waals surface area contributed by atoms with E-state index in [1.807, 2.05) is 43.3 Å². The number of carbonyl (C=O) groups excluding carboxylic acids is 1. The van der Waals surface area contributed by atoms with E-state index in [1.54, 1.807) is 20.4 Å². The lowest BCUT2D eigenvalue weighted by Gasteiger charge is -2.19. The fourth-order valence-corrected chi connectivity index (χ4v) is 3.19. The van der Waals surface area contributed by atoms with Gasteiger partial charge < -0.3 is 25.8 Å². The van der Waals surface area contributed by atoms with Crippen LogP contribution >= 0.6 is 0 Å². The van der Waals surface area contributed by atoms with Gasteiger partial charge in [-0.05, 0) is 49.1 Å². The van der Waals surface area contributed by atoms with Gasteiger partial charge in [-0.15, -0.1) is 0 Å². The number of carbonyl (C=O) groups is 1. The molecule has 8 nitrogen and oxygen atoms in total. The highest BCUT2D eigenvalue weighted by Gasteiger charge is 2.17.